The van der Waals surface area contributed by atoms with Gasteiger partial charge in [-0.25, -0.2) is 0 Å². The number of hydrogen-bond donors (Lipinski definition) is 1. The summed E-state index contributed by atoms with van der Waals surface area (Å²) in [7, 11) is 0. The molecule has 50 valence electrons. The highest BCUT2D eigenvalue weighted by Crippen LogP contribution is 1.96. The Balaban J connectivity index is 2.14. The van der Waals surface area contributed by atoms with Crippen LogP contribution in [0.15, 0.2) is 24.4 Å². The zero-order valence-electron chi connectivity index (χ0n) is 5.46. The molecule has 0 fully saturated rings. The highest BCUT2D eigenvalue weighted by molar-refractivity contribution is 4.97. The molecule has 9 heavy (non-hydrogen) atoms. The Morgan fingerprint density at radius 3 is 2.67 bits per heavy atom. The maximum atomic E-state index is 5.18. The second kappa shape index (κ2) is 3.30. The monoisotopic (exact) mass is 124 g/mol. The molecule has 2 N–H and O–H groups in total. The Morgan fingerprint density at radius 1 is 1.44 bits per heavy atom. The number of nitrogens with zero attached hydrogens (tertiary/aromatic N) is 1. The molecule has 1 rings (SSSR count). The van der Waals surface area contributed by atoms with Crippen LogP contribution in [0.1, 0.15) is 0 Å². The van der Waals surface area contributed by atoms with Gasteiger partial charge in [0.2, 0.25) is 0 Å². The second-order valence-corrected chi connectivity index (χ2v) is 2.12. The Morgan fingerprint density at radius 2 is 2.11 bits per heavy atom. The molecule has 0 aromatic heterocycles. The highest BCUT2D eigenvalue weighted by Gasteiger charge is 2.01. The van der Waals surface area contributed by atoms with Crippen LogP contribution in [-0.2, 0) is 0 Å². The molecule has 0 bridgehead atoms. The van der Waals surface area contributed by atoms with Gasteiger partial charge in [-0.3, -0.25) is 4.90 Å². The summed E-state index contributed by atoms with van der Waals surface area (Å²) in [6.07, 6.45) is 7.90. The van der Waals surface area contributed by atoms with Crippen LogP contribution < -0.4 is 5.73 Å². The van der Waals surface area contributed by atoms with E-state index < -0.39 is 0 Å². The summed E-state index contributed by atoms with van der Waals surface area (Å²) in [5.41, 5.74) is 5.18. The molecule has 1 aliphatic heterocycles. The first-order chi connectivity index (χ1) is 4.43. The van der Waals surface area contributed by atoms with Gasteiger partial charge in [0.1, 0.15) is 0 Å². The molecule has 0 saturated heterocycles. The lowest BCUT2D eigenvalue weighted by atomic mass is 10.5. The first-order valence-corrected chi connectivity index (χ1v) is 3.17. The van der Waals surface area contributed by atoms with Gasteiger partial charge in [-0.05, 0) is 6.20 Å². The predicted molar refractivity (Wildman–Crippen MR) is 38.9 cm³/mol. The van der Waals surface area contributed by atoms with Crippen molar-refractivity contribution in [2.45, 2.75) is 0 Å². The molecule has 0 aromatic carbocycles. The third-order valence-electron chi connectivity index (χ3n) is 1.39. The summed E-state index contributed by atoms with van der Waals surface area (Å²) in [6, 6.07) is 0. The second-order valence-electron chi connectivity index (χ2n) is 2.12. The van der Waals surface area contributed by atoms with Crippen molar-refractivity contribution >= 4 is 0 Å². The summed E-state index contributed by atoms with van der Waals surface area (Å²) in [4.78, 5) is 2.30. The Kier molecular flexibility index (Phi) is 2.33. The van der Waals surface area contributed by atoms with Crippen molar-refractivity contribution in [2.75, 3.05) is 19.6 Å². The van der Waals surface area contributed by atoms with Crippen LogP contribution in [0.5, 0.6) is 0 Å². The Labute approximate surface area is 55.6 Å². The zero-order chi connectivity index (χ0) is 6.53. The maximum absolute atomic E-state index is 5.18. The zero-order valence-corrected chi connectivity index (χ0v) is 5.46. The topological polar surface area (TPSA) is 29.3 Å². The molecule has 0 amide bonds. The van der Waals surface area contributed by atoms with Crippen LogP contribution in [0.4, 0.5) is 0 Å². The van der Waals surface area contributed by atoms with Crippen molar-refractivity contribution < 1.29 is 0 Å². The molecular formula is C7H12N2. The van der Waals surface area contributed by atoms with Gasteiger partial charge in [0.05, 0.1) is 0 Å². The van der Waals surface area contributed by atoms with Crippen LogP contribution in [0, 0.1) is 0 Å². The minimum atomic E-state index is 0.976. The largest absolute Gasteiger partial charge is 0.405 e. The van der Waals surface area contributed by atoms with Gasteiger partial charge in [0.25, 0.3) is 0 Å². The highest BCUT2D eigenvalue weighted by atomic mass is 15.1. The first kappa shape index (κ1) is 6.36. The number of nitrogens with two attached hydrogens (primary N) is 1. The smallest absolute Gasteiger partial charge is 0.0186 e. The molecule has 0 aliphatic carbocycles. The minimum Gasteiger partial charge on any atom is -0.405 e. The number of rotatable bonds is 2. The fourth-order valence-electron chi connectivity index (χ4n) is 0.881. The van der Waals surface area contributed by atoms with Gasteiger partial charge >= 0.3 is 0 Å². The van der Waals surface area contributed by atoms with Crippen LogP contribution in [-0.4, -0.2) is 24.5 Å². The summed E-state index contributed by atoms with van der Waals surface area (Å²) in [5, 5.41) is 0. The van der Waals surface area contributed by atoms with E-state index in [1.54, 1.807) is 6.20 Å². The lowest BCUT2D eigenvalue weighted by molar-refractivity contribution is 0.392. The lowest BCUT2D eigenvalue weighted by Crippen LogP contribution is -2.19. The molecule has 2 heteroatoms. The summed E-state index contributed by atoms with van der Waals surface area (Å²) >= 11 is 0. The Bertz CT molecular complexity index is 119. The van der Waals surface area contributed by atoms with E-state index >= 15 is 0 Å². The van der Waals surface area contributed by atoms with E-state index in [2.05, 4.69) is 17.1 Å². The van der Waals surface area contributed by atoms with E-state index in [1.807, 2.05) is 6.08 Å². The van der Waals surface area contributed by atoms with E-state index in [0.29, 0.717) is 0 Å². The third kappa shape index (κ3) is 1.90. The molecular weight excluding hydrogens is 112 g/mol. The average Bonchev–Trinajstić information content (AvgIpc) is 2.34. The predicted octanol–water partition coefficient (Wildman–Crippen LogP) is 0.331. The molecule has 0 saturated carbocycles. The molecule has 2 nitrogen and oxygen atoms in total. The van der Waals surface area contributed by atoms with Crippen molar-refractivity contribution in [1.82, 2.24) is 4.90 Å². The molecule has 0 unspecified atom stereocenters. The van der Waals surface area contributed by atoms with Crippen LogP contribution in [0.2, 0.25) is 0 Å². The van der Waals surface area contributed by atoms with Gasteiger partial charge in [-0.1, -0.05) is 18.2 Å². The van der Waals surface area contributed by atoms with Gasteiger partial charge in [-0.15, -0.1) is 0 Å². The van der Waals surface area contributed by atoms with Crippen LogP contribution >= 0.6 is 0 Å². The maximum Gasteiger partial charge on any atom is 0.0186 e. The summed E-state index contributed by atoms with van der Waals surface area (Å²) in [5.74, 6) is 0. The standard InChI is InChI=1S/C7H12N2/c8-4-3-7-9-5-1-2-6-9/h1-4H,5-8H2. The lowest BCUT2D eigenvalue weighted by Gasteiger charge is -2.09. The van der Waals surface area contributed by atoms with Crippen LogP contribution in [0.3, 0.4) is 0 Å². The van der Waals surface area contributed by atoms with Gasteiger partial charge in [0.15, 0.2) is 0 Å². The molecule has 1 heterocycles. The van der Waals surface area contributed by atoms with Crippen molar-refractivity contribution in [3.05, 3.63) is 24.4 Å². The third-order valence-corrected chi connectivity index (χ3v) is 1.39. The molecule has 1 aliphatic rings. The SMILES string of the molecule is NC=CCN1CC=CC1. The molecule has 0 atom stereocenters. The van der Waals surface area contributed by atoms with Crippen molar-refractivity contribution in [2.24, 2.45) is 5.73 Å². The van der Waals surface area contributed by atoms with Crippen LogP contribution in [0.25, 0.3) is 0 Å². The van der Waals surface area contributed by atoms with Gasteiger partial charge in [-0.2, -0.15) is 0 Å². The van der Waals surface area contributed by atoms with E-state index in [0.717, 1.165) is 19.6 Å². The molecule has 0 spiro atoms. The van der Waals surface area contributed by atoms with Crippen molar-refractivity contribution in [3.63, 3.8) is 0 Å². The summed E-state index contributed by atoms with van der Waals surface area (Å²) in [6.45, 7) is 3.12. The molecule has 0 aromatic rings. The van der Waals surface area contributed by atoms with Crippen molar-refractivity contribution in [3.8, 4) is 0 Å². The quantitative estimate of drug-likeness (QED) is 0.537. The fraction of sp³-hybridized carbons (Fsp3) is 0.429. The normalized spacial score (nSPS) is 20.0. The van der Waals surface area contributed by atoms with E-state index in [-0.39, 0.29) is 0 Å². The van der Waals surface area contributed by atoms with Gasteiger partial charge in [0, 0.05) is 19.6 Å². The summed E-state index contributed by atoms with van der Waals surface area (Å²) < 4.78 is 0. The van der Waals surface area contributed by atoms with Crippen molar-refractivity contribution in [1.29, 1.82) is 0 Å². The Hall–Kier alpha value is -0.760. The van der Waals surface area contributed by atoms with E-state index in [4.69, 9.17) is 5.73 Å². The minimum absolute atomic E-state index is 0.976. The van der Waals surface area contributed by atoms with E-state index in [9.17, 15) is 0 Å². The first-order valence-electron chi connectivity index (χ1n) is 3.17. The van der Waals surface area contributed by atoms with Gasteiger partial charge < -0.3 is 5.73 Å². The fourth-order valence-corrected chi connectivity index (χ4v) is 0.881. The number of hydrogen-bond acceptors (Lipinski definition) is 2. The van der Waals surface area contributed by atoms with E-state index in [1.165, 1.54) is 0 Å². The molecule has 0 radical (unpaired) electrons. The average molecular weight is 124 g/mol.